The first-order chi connectivity index (χ1) is 11.0. The van der Waals surface area contributed by atoms with E-state index in [0.717, 1.165) is 15.9 Å². The molecule has 0 amide bonds. The Morgan fingerprint density at radius 1 is 1.30 bits per heavy atom. The van der Waals surface area contributed by atoms with Crippen LogP contribution in [0.3, 0.4) is 0 Å². The van der Waals surface area contributed by atoms with Gasteiger partial charge < -0.3 is 15.3 Å². The second kappa shape index (κ2) is 5.64. The number of aromatic nitrogens is 2. The molecule has 1 unspecified atom stereocenters. The highest BCUT2D eigenvalue weighted by Crippen LogP contribution is 2.26. The molecule has 2 aromatic rings. The summed E-state index contributed by atoms with van der Waals surface area (Å²) in [5.41, 5.74) is 3.01. The first-order valence-electron chi connectivity index (χ1n) is 7.00. The fraction of sp³-hybridized carbons (Fsp3) is 0.267. The van der Waals surface area contributed by atoms with Crippen LogP contribution in [0.5, 0.6) is 11.6 Å². The second-order valence-electron chi connectivity index (χ2n) is 5.23. The Labute approximate surface area is 131 Å². The van der Waals surface area contributed by atoms with E-state index in [0.29, 0.717) is 12.1 Å². The number of hydrogen-bond acceptors (Lipinski definition) is 6. The minimum absolute atomic E-state index is 0.00983. The van der Waals surface area contributed by atoms with Crippen molar-refractivity contribution in [1.29, 1.82) is 0 Å². The zero-order valence-electron chi connectivity index (χ0n) is 12.7. The minimum atomic E-state index is -0.672. The molecule has 0 bridgehead atoms. The van der Waals surface area contributed by atoms with E-state index < -0.39 is 17.1 Å². The van der Waals surface area contributed by atoms with E-state index >= 15 is 0 Å². The molecule has 1 atom stereocenters. The van der Waals surface area contributed by atoms with Crippen molar-refractivity contribution in [3.63, 3.8) is 0 Å². The maximum Gasteiger partial charge on any atom is 0.330 e. The van der Waals surface area contributed by atoms with Gasteiger partial charge in [-0.25, -0.2) is 4.79 Å². The highest BCUT2D eigenvalue weighted by Gasteiger charge is 2.26. The molecule has 0 fully saturated rings. The van der Waals surface area contributed by atoms with Crippen molar-refractivity contribution in [3.05, 3.63) is 56.2 Å². The average molecular weight is 316 g/mol. The summed E-state index contributed by atoms with van der Waals surface area (Å²) in [4.78, 5) is 25.6. The molecule has 0 radical (unpaired) electrons. The number of benzene rings is 1. The normalized spacial score (nSPS) is 16.8. The van der Waals surface area contributed by atoms with Crippen LogP contribution in [0.15, 0.2) is 39.0 Å². The van der Waals surface area contributed by atoms with Crippen molar-refractivity contribution in [2.75, 3.05) is 7.11 Å². The zero-order valence-corrected chi connectivity index (χ0v) is 12.7. The number of ether oxygens (including phenoxy) is 1. The summed E-state index contributed by atoms with van der Waals surface area (Å²) >= 11 is 0. The molecule has 0 saturated carbocycles. The summed E-state index contributed by atoms with van der Waals surface area (Å²) in [6, 6.07) is 7.36. The lowest BCUT2D eigenvalue weighted by Crippen LogP contribution is -2.32. The molecule has 3 rings (SSSR count). The first kappa shape index (κ1) is 14.9. The Bertz CT molecular complexity index is 880. The number of nitrogens with one attached hydrogen (secondary N) is 2. The monoisotopic (exact) mass is 316 g/mol. The van der Waals surface area contributed by atoms with Crippen molar-refractivity contribution in [1.82, 2.24) is 15.0 Å². The summed E-state index contributed by atoms with van der Waals surface area (Å²) in [7, 11) is 2.97. The number of rotatable bonds is 3. The van der Waals surface area contributed by atoms with E-state index in [4.69, 9.17) is 4.74 Å². The lowest BCUT2D eigenvalue weighted by molar-refractivity contribution is 0.414. The van der Waals surface area contributed by atoms with Crippen molar-refractivity contribution >= 4 is 5.71 Å². The van der Waals surface area contributed by atoms with Gasteiger partial charge in [-0.3, -0.25) is 14.3 Å². The molecule has 1 aliphatic rings. The number of aromatic hydroxyl groups is 1. The van der Waals surface area contributed by atoms with Gasteiger partial charge in [0.2, 0.25) is 5.88 Å². The van der Waals surface area contributed by atoms with Crippen molar-refractivity contribution in [2.45, 2.75) is 12.5 Å². The van der Waals surface area contributed by atoms with E-state index in [9.17, 15) is 14.7 Å². The van der Waals surface area contributed by atoms with E-state index in [1.165, 1.54) is 7.05 Å². The van der Waals surface area contributed by atoms with E-state index in [1.54, 1.807) is 7.11 Å². The van der Waals surface area contributed by atoms with Crippen molar-refractivity contribution in [2.24, 2.45) is 12.1 Å². The minimum Gasteiger partial charge on any atom is -0.497 e. The molecule has 8 nitrogen and oxygen atoms in total. The smallest absolute Gasteiger partial charge is 0.330 e. The van der Waals surface area contributed by atoms with Crippen LogP contribution < -0.4 is 21.4 Å². The van der Waals surface area contributed by atoms with Gasteiger partial charge in [0.25, 0.3) is 5.56 Å². The Morgan fingerprint density at radius 3 is 2.65 bits per heavy atom. The first-order valence-corrected chi connectivity index (χ1v) is 7.00. The maximum atomic E-state index is 12.0. The van der Waals surface area contributed by atoms with Gasteiger partial charge in [-0.05, 0) is 17.7 Å². The summed E-state index contributed by atoms with van der Waals surface area (Å²) < 4.78 is 6.09. The van der Waals surface area contributed by atoms with Crippen LogP contribution in [0.2, 0.25) is 0 Å². The van der Waals surface area contributed by atoms with E-state index in [-0.39, 0.29) is 11.6 Å². The molecule has 0 saturated heterocycles. The highest BCUT2D eigenvalue weighted by molar-refractivity contribution is 6.03. The number of H-pyrrole nitrogens is 1. The Kier molecular flexibility index (Phi) is 3.65. The van der Waals surface area contributed by atoms with Crippen molar-refractivity contribution < 1.29 is 9.84 Å². The van der Waals surface area contributed by atoms with Gasteiger partial charge in [0.15, 0.2) is 0 Å². The molecule has 1 aromatic heterocycles. The number of nitrogens with zero attached hydrogens (tertiary/aromatic N) is 2. The second-order valence-corrected chi connectivity index (χ2v) is 5.23. The van der Waals surface area contributed by atoms with Gasteiger partial charge in [-0.15, -0.1) is 0 Å². The van der Waals surface area contributed by atoms with Crippen molar-refractivity contribution in [3.8, 4) is 11.6 Å². The van der Waals surface area contributed by atoms with Crippen LogP contribution >= 0.6 is 0 Å². The van der Waals surface area contributed by atoms with Gasteiger partial charge in [0.05, 0.1) is 18.9 Å². The third-order valence-electron chi connectivity index (χ3n) is 3.85. The standard InChI is InChI=1S/C15H16N4O4/c1-19-14(21)12(13(20)16-15(19)22)11-7-10(17-18-11)8-3-5-9(23-2)6-4-8/h3-6,10,17,21H,7H2,1-2H3,(H,16,20,22). The molecule has 2 heterocycles. The summed E-state index contributed by atoms with van der Waals surface area (Å²) in [6.07, 6.45) is 0.418. The van der Waals surface area contributed by atoms with Gasteiger partial charge in [-0.1, -0.05) is 12.1 Å². The third-order valence-corrected chi connectivity index (χ3v) is 3.85. The lowest BCUT2D eigenvalue weighted by Gasteiger charge is -2.11. The molecule has 120 valence electrons. The van der Waals surface area contributed by atoms with E-state index in [2.05, 4.69) is 15.5 Å². The average Bonchev–Trinajstić information content (AvgIpc) is 3.02. The molecule has 8 heteroatoms. The van der Waals surface area contributed by atoms with Gasteiger partial charge >= 0.3 is 5.69 Å². The predicted octanol–water partition coefficient (Wildman–Crippen LogP) is 0.226. The lowest BCUT2D eigenvalue weighted by atomic mass is 10.00. The van der Waals surface area contributed by atoms with Crippen LogP contribution in [0.25, 0.3) is 0 Å². The molecule has 23 heavy (non-hydrogen) atoms. The van der Waals surface area contributed by atoms with Gasteiger partial charge in [-0.2, -0.15) is 5.10 Å². The molecule has 0 spiro atoms. The summed E-state index contributed by atoms with van der Waals surface area (Å²) in [6.45, 7) is 0. The Hall–Kier alpha value is -3.03. The highest BCUT2D eigenvalue weighted by atomic mass is 16.5. The fourth-order valence-corrected chi connectivity index (χ4v) is 2.50. The molecule has 1 aromatic carbocycles. The van der Waals surface area contributed by atoms with Crippen LogP contribution in [-0.4, -0.2) is 27.5 Å². The van der Waals surface area contributed by atoms with Crippen LogP contribution in [0.1, 0.15) is 23.6 Å². The Balaban J connectivity index is 1.89. The van der Waals surface area contributed by atoms with Crippen LogP contribution in [0.4, 0.5) is 0 Å². The molecule has 1 aliphatic heterocycles. The van der Waals surface area contributed by atoms with Gasteiger partial charge in [0.1, 0.15) is 11.3 Å². The molecular formula is C15H16N4O4. The number of aromatic amines is 1. The van der Waals surface area contributed by atoms with E-state index in [1.807, 2.05) is 24.3 Å². The van der Waals surface area contributed by atoms with Gasteiger partial charge in [0, 0.05) is 13.5 Å². The summed E-state index contributed by atoms with van der Waals surface area (Å²) in [5.74, 6) is 0.356. The Morgan fingerprint density at radius 2 is 2.00 bits per heavy atom. The quantitative estimate of drug-likeness (QED) is 0.751. The van der Waals surface area contributed by atoms with Crippen LogP contribution in [0, 0.1) is 0 Å². The number of hydrogen-bond donors (Lipinski definition) is 3. The molecule has 3 N–H and O–H groups in total. The third kappa shape index (κ3) is 2.59. The number of hydrazone groups is 1. The zero-order chi connectivity index (χ0) is 16.6. The van der Waals surface area contributed by atoms with Crippen LogP contribution in [-0.2, 0) is 7.05 Å². The topological polar surface area (TPSA) is 109 Å². The predicted molar refractivity (Wildman–Crippen MR) is 84.0 cm³/mol. The molecular weight excluding hydrogens is 300 g/mol. The summed E-state index contributed by atoms with van der Waals surface area (Å²) in [5, 5.41) is 14.2. The maximum absolute atomic E-state index is 12.0. The SMILES string of the molecule is COc1ccc(C2CC(c3c(O)n(C)c(=O)[nH]c3=O)=NN2)cc1. The molecule has 0 aliphatic carbocycles. The fourth-order valence-electron chi connectivity index (χ4n) is 2.50. The largest absolute Gasteiger partial charge is 0.497 e. The number of methoxy groups -OCH3 is 1.